The van der Waals surface area contributed by atoms with Gasteiger partial charge in [-0.2, -0.15) is 0 Å². The number of fused-ring (bicyclic) bond motifs is 3. The lowest BCUT2D eigenvalue weighted by Crippen LogP contribution is -2.34. The van der Waals surface area contributed by atoms with Crippen molar-refractivity contribution in [1.82, 2.24) is 14.7 Å². The molecule has 0 fully saturated rings. The van der Waals surface area contributed by atoms with Crippen LogP contribution in [0, 0.1) is 13.8 Å². The minimum Gasteiger partial charge on any atom is -0.478 e. The number of nitrogens with zero attached hydrogens (tertiary/aromatic N) is 3. The highest BCUT2D eigenvalue weighted by Gasteiger charge is 2.23. The number of hydrogen-bond acceptors (Lipinski definition) is 6. The molecule has 3 aliphatic heterocycles. The van der Waals surface area contributed by atoms with E-state index in [1.54, 1.807) is 0 Å². The van der Waals surface area contributed by atoms with Gasteiger partial charge in [0.1, 0.15) is 37.4 Å². The standard InChI is InChI=1S/C29H41N3O3/c1-4-30-16-25-14-26-18-32(21-35-29(26)15-28(25)33-19-30)11-9-7-5-6-8-10-31-17-24-12-22(2)23(3)13-27(24)34-20-31/h12-15H,4-11,16-21H2,1-3H3. The fourth-order valence-corrected chi connectivity index (χ4v) is 5.31. The molecule has 0 aliphatic carbocycles. The van der Waals surface area contributed by atoms with Gasteiger partial charge in [-0.3, -0.25) is 14.7 Å². The van der Waals surface area contributed by atoms with Crippen LogP contribution in [0.3, 0.4) is 0 Å². The van der Waals surface area contributed by atoms with E-state index in [1.807, 2.05) is 0 Å². The van der Waals surface area contributed by atoms with Crippen molar-refractivity contribution in [3.05, 3.63) is 52.1 Å². The molecule has 0 saturated carbocycles. The van der Waals surface area contributed by atoms with Gasteiger partial charge in [-0.1, -0.05) is 32.3 Å². The van der Waals surface area contributed by atoms with E-state index in [2.05, 4.69) is 59.7 Å². The van der Waals surface area contributed by atoms with Crippen molar-refractivity contribution in [2.75, 3.05) is 39.8 Å². The first-order valence-corrected chi connectivity index (χ1v) is 13.4. The first-order chi connectivity index (χ1) is 17.1. The molecule has 0 radical (unpaired) electrons. The zero-order valence-corrected chi connectivity index (χ0v) is 21.8. The monoisotopic (exact) mass is 479 g/mol. The zero-order valence-electron chi connectivity index (χ0n) is 21.8. The molecule has 0 saturated heterocycles. The van der Waals surface area contributed by atoms with Gasteiger partial charge in [0.05, 0.1) is 0 Å². The molecule has 3 aliphatic rings. The highest BCUT2D eigenvalue weighted by molar-refractivity contribution is 5.48. The summed E-state index contributed by atoms with van der Waals surface area (Å²) >= 11 is 0. The van der Waals surface area contributed by atoms with Gasteiger partial charge in [0.15, 0.2) is 0 Å². The van der Waals surface area contributed by atoms with Crippen molar-refractivity contribution in [2.24, 2.45) is 0 Å². The molecular weight excluding hydrogens is 438 g/mol. The smallest absolute Gasteiger partial charge is 0.142 e. The molecule has 0 atom stereocenters. The zero-order chi connectivity index (χ0) is 24.2. The summed E-state index contributed by atoms with van der Waals surface area (Å²) in [6.07, 6.45) is 6.34. The van der Waals surface area contributed by atoms with Crippen molar-refractivity contribution in [3.8, 4) is 17.2 Å². The summed E-state index contributed by atoms with van der Waals surface area (Å²) in [6.45, 7) is 14.8. The van der Waals surface area contributed by atoms with Gasteiger partial charge in [0.25, 0.3) is 0 Å². The summed E-state index contributed by atoms with van der Waals surface area (Å²) in [5, 5.41) is 0. The van der Waals surface area contributed by atoms with E-state index >= 15 is 0 Å². The first kappa shape index (κ1) is 24.4. The van der Waals surface area contributed by atoms with E-state index in [1.165, 1.54) is 59.9 Å². The molecule has 6 heteroatoms. The van der Waals surface area contributed by atoms with Crippen LogP contribution >= 0.6 is 0 Å². The van der Waals surface area contributed by atoms with Crippen LogP contribution in [0.15, 0.2) is 24.3 Å². The third-order valence-electron chi connectivity index (χ3n) is 7.71. The third-order valence-corrected chi connectivity index (χ3v) is 7.71. The minimum atomic E-state index is 0.674. The molecular formula is C29H41N3O3. The van der Waals surface area contributed by atoms with Crippen LogP contribution in [0.5, 0.6) is 17.2 Å². The summed E-state index contributed by atoms with van der Waals surface area (Å²) < 4.78 is 18.0. The second kappa shape index (κ2) is 11.2. The molecule has 0 aromatic heterocycles. The predicted octanol–water partition coefficient (Wildman–Crippen LogP) is 5.43. The van der Waals surface area contributed by atoms with E-state index in [9.17, 15) is 0 Å². The Morgan fingerprint density at radius 1 is 0.571 bits per heavy atom. The minimum absolute atomic E-state index is 0.674. The Kier molecular flexibility index (Phi) is 7.81. The Balaban J connectivity index is 0.983. The number of hydrogen-bond donors (Lipinski definition) is 0. The first-order valence-electron chi connectivity index (χ1n) is 13.4. The average molecular weight is 480 g/mol. The Hall–Kier alpha value is -2.28. The van der Waals surface area contributed by atoms with Gasteiger partial charge in [-0.05, 0) is 56.5 Å². The quantitative estimate of drug-likeness (QED) is 0.447. The van der Waals surface area contributed by atoms with E-state index in [0.29, 0.717) is 13.5 Å². The van der Waals surface area contributed by atoms with Gasteiger partial charge < -0.3 is 14.2 Å². The molecule has 0 N–H and O–H groups in total. The van der Waals surface area contributed by atoms with Crippen molar-refractivity contribution < 1.29 is 14.2 Å². The number of aryl methyl sites for hydroxylation is 2. The average Bonchev–Trinajstić information content (AvgIpc) is 2.87. The van der Waals surface area contributed by atoms with Crippen LogP contribution in [0.1, 0.15) is 66.8 Å². The van der Waals surface area contributed by atoms with Crippen LogP contribution in [0.4, 0.5) is 0 Å². The molecule has 5 rings (SSSR count). The maximum absolute atomic E-state index is 6.07. The van der Waals surface area contributed by atoms with E-state index in [0.717, 1.165) is 63.2 Å². The highest BCUT2D eigenvalue weighted by atomic mass is 16.5. The van der Waals surface area contributed by atoms with Gasteiger partial charge in [-0.15, -0.1) is 0 Å². The number of rotatable bonds is 9. The van der Waals surface area contributed by atoms with Crippen LogP contribution < -0.4 is 14.2 Å². The van der Waals surface area contributed by atoms with Crippen molar-refractivity contribution in [3.63, 3.8) is 0 Å². The number of ether oxygens (including phenoxy) is 3. The largest absolute Gasteiger partial charge is 0.478 e. The normalized spacial score (nSPS) is 18.1. The SMILES string of the molecule is CCN1COc2cc3c(cc2C1)CN(CCCCCCCN1COc2cc(C)c(C)cc2C1)CO3. The molecule has 35 heavy (non-hydrogen) atoms. The Morgan fingerprint density at radius 3 is 1.63 bits per heavy atom. The second-order valence-electron chi connectivity index (χ2n) is 10.5. The lowest BCUT2D eigenvalue weighted by atomic mass is 10.0. The predicted molar refractivity (Wildman–Crippen MR) is 139 cm³/mol. The van der Waals surface area contributed by atoms with Gasteiger partial charge in [0.2, 0.25) is 0 Å². The fraction of sp³-hybridized carbons (Fsp3) is 0.586. The third kappa shape index (κ3) is 5.93. The molecule has 6 nitrogen and oxygen atoms in total. The Labute approximate surface area is 210 Å². The van der Waals surface area contributed by atoms with Gasteiger partial charge >= 0.3 is 0 Å². The summed E-state index contributed by atoms with van der Waals surface area (Å²) in [6, 6.07) is 8.88. The molecule has 2 aromatic carbocycles. The lowest BCUT2D eigenvalue weighted by molar-refractivity contribution is 0.0854. The Morgan fingerprint density at radius 2 is 1.03 bits per heavy atom. The fourth-order valence-electron chi connectivity index (χ4n) is 5.31. The molecule has 0 spiro atoms. The van der Waals surface area contributed by atoms with Crippen LogP contribution in [-0.2, 0) is 19.6 Å². The molecule has 2 aromatic rings. The number of benzene rings is 2. The molecule has 3 heterocycles. The van der Waals surface area contributed by atoms with E-state index in [-0.39, 0.29) is 0 Å². The molecule has 0 amide bonds. The number of unbranched alkanes of at least 4 members (excludes halogenated alkanes) is 4. The summed E-state index contributed by atoms with van der Waals surface area (Å²) in [5.74, 6) is 3.07. The highest BCUT2D eigenvalue weighted by Crippen LogP contribution is 2.35. The topological polar surface area (TPSA) is 37.4 Å². The Bertz CT molecular complexity index is 1020. The second-order valence-corrected chi connectivity index (χ2v) is 10.5. The maximum atomic E-state index is 6.07. The van der Waals surface area contributed by atoms with Crippen molar-refractivity contribution in [2.45, 2.75) is 72.5 Å². The summed E-state index contributed by atoms with van der Waals surface area (Å²) in [5.41, 5.74) is 6.59. The van der Waals surface area contributed by atoms with Crippen molar-refractivity contribution >= 4 is 0 Å². The van der Waals surface area contributed by atoms with Crippen LogP contribution in [0.2, 0.25) is 0 Å². The molecule has 0 bridgehead atoms. The summed E-state index contributed by atoms with van der Waals surface area (Å²) in [4.78, 5) is 7.18. The van der Waals surface area contributed by atoms with Crippen LogP contribution in [-0.4, -0.2) is 54.5 Å². The van der Waals surface area contributed by atoms with Gasteiger partial charge in [0, 0.05) is 55.5 Å². The lowest BCUT2D eigenvalue weighted by Gasteiger charge is -2.32. The van der Waals surface area contributed by atoms with E-state index in [4.69, 9.17) is 14.2 Å². The van der Waals surface area contributed by atoms with Crippen LogP contribution in [0.25, 0.3) is 0 Å². The van der Waals surface area contributed by atoms with E-state index < -0.39 is 0 Å². The van der Waals surface area contributed by atoms with Crippen molar-refractivity contribution in [1.29, 1.82) is 0 Å². The van der Waals surface area contributed by atoms with Gasteiger partial charge in [-0.25, -0.2) is 0 Å². The maximum Gasteiger partial charge on any atom is 0.142 e. The molecule has 190 valence electrons. The summed E-state index contributed by atoms with van der Waals surface area (Å²) in [7, 11) is 0. The molecule has 0 unspecified atom stereocenters.